The van der Waals surface area contributed by atoms with Crippen molar-refractivity contribution < 1.29 is 4.79 Å². The molecule has 1 heterocycles. The van der Waals surface area contributed by atoms with Gasteiger partial charge in [0, 0.05) is 17.5 Å². The highest BCUT2D eigenvalue weighted by Gasteiger charge is 2.05. The number of carbonyl (C=O) groups is 1. The average molecular weight is 271 g/mol. The third-order valence-corrected chi connectivity index (χ3v) is 3.39. The van der Waals surface area contributed by atoms with Gasteiger partial charge in [-0.1, -0.05) is 0 Å². The lowest BCUT2D eigenvalue weighted by Crippen LogP contribution is -2.12. The van der Waals surface area contributed by atoms with Crippen molar-refractivity contribution in [1.82, 2.24) is 4.98 Å². The van der Waals surface area contributed by atoms with Crippen LogP contribution in [0.4, 0.5) is 5.69 Å². The number of thiazole rings is 1. The summed E-state index contributed by atoms with van der Waals surface area (Å²) in [7, 11) is 0. The van der Waals surface area contributed by atoms with Gasteiger partial charge in [-0.25, -0.2) is 4.98 Å². The highest BCUT2D eigenvalue weighted by atomic mass is 32.1. The number of nitrogens with zero attached hydrogens (tertiary/aromatic N) is 2. The number of aromatic nitrogens is 1. The van der Waals surface area contributed by atoms with Gasteiger partial charge >= 0.3 is 0 Å². The van der Waals surface area contributed by atoms with Crippen LogP contribution in [0.2, 0.25) is 0 Å². The van der Waals surface area contributed by atoms with Crippen LogP contribution in [0.15, 0.2) is 29.6 Å². The van der Waals surface area contributed by atoms with Crippen molar-refractivity contribution in [3.63, 3.8) is 0 Å². The largest absolute Gasteiger partial charge is 0.326 e. The number of anilines is 1. The maximum absolute atomic E-state index is 11.7. The molecule has 0 unspecified atom stereocenters. The molecule has 5 heteroatoms. The van der Waals surface area contributed by atoms with Crippen molar-refractivity contribution in [2.24, 2.45) is 0 Å². The van der Waals surface area contributed by atoms with Crippen LogP contribution in [0.1, 0.15) is 22.7 Å². The Morgan fingerprint density at radius 3 is 2.74 bits per heavy atom. The van der Waals surface area contributed by atoms with Crippen molar-refractivity contribution in [3.05, 3.63) is 45.9 Å². The topological polar surface area (TPSA) is 65.8 Å². The molecule has 1 aromatic carbocycles. The minimum atomic E-state index is -0.0460. The summed E-state index contributed by atoms with van der Waals surface area (Å²) in [6, 6.07) is 8.85. The summed E-state index contributed by atoms with van der Waals surface area (Å²) in [5.41, 5.74) is 2.24. The lowest BCUT2D eigenvalue weighted by atomic mass is 10.2. The second-order valence-corrected chi connectivity index (χ2v) is 5.16. The lowest BCUT2D eigenvalue weighted by molar-refractivity contribution is -0.116. The van der Waals surface area contributed by atoms with E-state index < -0.39 is 0 Å². The van der Waals surface area contributed by atoms with E-state index in [1.165, 1.54) is 0 Å². The van der Waals surface area contributed by atoms with Crippen molar-refractivity contribution in [1.29, 1.82) is 5.26 Å². The number of carbonyl (C=O) groups excluding carboxylic acids is 1. The molecular weight excluding hydrogens is 258 g/mol. The summed E-state index contributed by atoms with van der Waals surface area (Å²) in [4.78, 5) is 16.1. The Hall–Kier alpha value is -2.19. The predicted molar refractivity (Wildman–Crippen MR) is 75.0 cm³/mol. The van der Waals surface area contributed by atoms with E-state index in [0.717, 1.165) is 10.7 Å². The summed E-state index contributed by atoms with van der Waals surface area (Å²) in [5.74, 6) is -0.0460. The van der Waals surface area contributed by atoms with Crippen LogP contribution in [0.3, 0.4) is 0 Å². The number of hydrogen-bond acceptors (Lipinski definition) is 4. The molecule has 0 fully saturated rings. The van der Waals surface area contributed by atoms with E-state index >= 15 is 0 Å². The van der Waals surface area contributed by atoms with E-state index in [1.807, 2.05) is 18.4 Å². The molecule has 0 aliphatic carbocycles. The number of nitrogens with one attached hydrogen (secondary N) is 1. The second kappa shape index (κ2) is 6.12. The molecule has 0 radical (unpaired) electrons. The molecule has 1 amide bonds. The fraction of sp³-hybridized carbons (Fsp3) is 0.214. The molecule has 2 rings (SSSR count). The van der Waals surface area contributed by atoms with Gasteiger partial charge in [-0.05, 0) is 37.6 Å². The SMILES string of the molecule is Cc1nc(CCC(=O)Nc2ccc(C#N)cc2)cs1. The Morgan fingerprint density at radius 1 is 1.42 bits per heavy atom. The molecule has 19 heavy (non-hydrogen) atoms. The quantitative estimate of drug-likeness (QED) is 0.929. The van der Waals surface area contributed by atoms with Gasteiger partial charge in [-0.3, -0.25) is 4.79 Å². The van der Waals surface area contributed by atoms with Crippen LogP contribution >= 0.6 is 11.3 Å². The predicted octanol–water partition coefficient (Wildman–Crippen LogP) is 2.89. The molecule has 0 spiro atoms. The van der Waals surface area contributed by atoms with E-state index in [1.54, 1.807) is 35.6 Å². The number of hydrogen-bond donors (Lipinski definition) is 1. The van der Waals surface area contributed by atoms with Gasteiger partial charge in [0.15, 0.2) is 0 Å². The van der Waals surface area contributed by atoms with Gasteiger partial charge in [0.05, 0.1) is 22.3 Å². The Morgan fingerprint density at radius 2 is 2.16 bits per heavy atom. The van der Waals surface area contributed by atoms with E-state index in [2.05, 4.69) is 10.3 Å². The van der Waals surface area contributed by atoms with Gasteiger partial charge in [0.2, 0.25) is 5.91 Å². The van der Waals surface area contributed by atoms with Gasteiger partial charge < -0.3 is 5.32 Å². The monoisotopic (exact) mass is 271 g/mol. The Labute approximate surface area is 115 Å². The molecule has 4 nitrogen and oxygen atoms in total. The molecular formula is C14H13N3OS. The summed E-state index contributed by atoms with van der Waals surface area (Å²) in [6.07, 6.45) is 1.05. The maximum Gasteiger partial charge on any atom is 0.224 e. The molecule has 0 saturated carbocycles. The normalized spacial score (nSPS) is 9.89. The minimum Gasteiger partial charge on any atom is -0.326 e. The van der Waals surface area contributed by atoms with Crippen molar-refractivity contribution in [2.45, 2.75) is 19.8 Å². The first-order valence-corrected chi connectivity index (χ1v) is 6.76. The van der Waals surface area contributed by atoms with Crippen molar-refractivity contribution in [2.75, 3.05) is 5.32 Å². The first-order chi connectivity index (χ1) is 9.17. The van der Waals surface area contributed by atoms with Crippen LogP contribution in [0.25, 0.3) is 0 Å². The summed E-state index contributed by atoms with van der Waals surface area (Å²) in [6.45, 7) is 1.95. The van der Waals surface area contributed by atoms with E-state index in [-0.39, 0.29) is 5.91 Å². The van der Waals surface area contributed by atoms with Crippen molar-refractivity contribution in [3.8, 4) is 6.07 Å². The van der Waals surface area contributed by atoms with E-state index in [0.29, 0.717) is 24.1 Å². The summed E-state index contributed by atoms with van der Waals surface area (Å²) < 4.78 is 0. The van der Waals surface area contributed by atoms with Crippen LogP contribution in [0, 0.1) is 18.3 Å². The molecule has 0 saturated heterocycles. The number of nitriles is 1. The average Bonchev–Trinajstić information content (AvgIpc) is 2.83. The van der Waals surface area contributed by atoms with E-state index in [4.69, 9.17) is 5.26 Å². The Bertz CT molecular complexity index is 610. The number of rotatable bonds is 4. The molecule has 0 aliphatic heterocycles. The zero-order chi connectivity index (χ0) is 13.7. The van der Waals surface area contributed by atoms with Crippen LogP contribution < -0.4 is 5.32 Å². The zero-order valence-electron chi connectivity index (χ0n) is 10.5. The smallest absolute Gasteiger partial charge is 0.224 e. The first-order valence-electron chi connectivity index (χ1n) is 5.88. The molecule has 2 aromatic rings. The third kappa shape index (κ3) is 3.90. The molecule has 0 aliphatic rings. The third-order valence-electron chi connectivity index (χ3n) is 2.57. The van der Waals surface area contributed by atoms with Crippen LogP contribution in [0.5, 0.6) is 0 Å². The van der Waals surface area contributed by atoms with Crippen LogP contribution in [-0.2, 0) is 11.2 Å². The number of aryl methyl sites for hydroxylation is 2. The first kappa shape index (κ1) is 13.2. The van der Waals surface area contributed by atoms with Gasteiger partial charge in [-0.2, -0.15) is 5.26 Å². The fourth-order valence-electron chi connectivity index (χ4n) is 1.62. The standard InChI is InChI=1S/C14H13N3OS/c1-10-16-13(9-19-10)6-7-14(18)17-12-4-2-11(8-15)3-5-12/h2-5,9H,6-7H2,1H3,(H,17,18). The highest BCUT2D eigenvalue weighted by molar-refractivity contribution is 7.09. The Kier molecular flexibility index (Phi) is 4.26. The number of benzene rings is 1. The Balaban J connectivity index is 1.85. The summed E-state index contributed by atoms with van der Waals surface area (Å²) >= 11 is 1.59. The minimum absolute atomic E-state index is 0.0460. The molecule has 0 atom stereocenters. The lowest BCUT2D eigenvalue weighted by Gasteiger charge is -2.04. The summed E-state index contributed by atoms with van der Waals surface area (Å²) in [5, 5.41) is 14.5. The van der Waals surface area contributed by atoms with Gasteiger partial charge in [0.25, 0.3) is 0 Å². The molecule has 96 valence electrons. The van der Waals surface area contributed by atoms with E-state index in [9.17, 15) is 4.79 Å². The molecule has 1 aromatic heterocycles. The van der Waals surface area contributed by atoms with Gasteiger partial charge in [-0.15, -0.1) is 11.3 Å². The maximum atomic E-state index is 11.7. The van der Waals surface area contributed by atoms with Crippen molar-refractivity contribution >= 4 is 22.9 Å². The highest BCUT2D eigenvalue weighted by Crippen LogP contribution is 2.12. The second-order valence-electron chi connectivity index (χ2n) is 4.10. The van der Waals surface area contributed by atoms with Crippen LogP contribution in [-0.4, -0.2) is 10.9 Å². The zero-order valence-corrected chi connectivity index (χ0v) is 11.3. The number of amides is 1. The molecule has 1 N–H and O–H groups in total. The van der Waals surface area contributed by atoms with Gasteiger partial charge in [0.1, 0.15) is 0 Å². The molecule has 0 bridgehead atoms. The fourth-order valence-corrected chi connectivity index (χ4v) is 2.26.